The van der Waals surface area contributed by atoms with E-state index in [1.54, 1.807) is 6.20 Å². The third kappa shape index (κ3) is 3.72. The maximum atomic E-state index is 9.83. The van der Waals surface area contributed by atoms with Gasteiger partial charge in [-0.15, -0.1) is 0 Å². The summed E-state index contributed by atoms with van der Waals surface area (Å²) in [6.45, 7) is 1.92. The number of H-pyrrole nitrogens is 1. The normalized spacial score (nSPS) is 16.5. The van der Waals surface area contributed by atoms with Crippen LogP contribution in [0.3, 0.4) is 0 Å². The maximum absolute atomic E-state index is 9.83. The zero-order valence-corrected chi connectivity index (χ0v) is 17.7. The number of likely N-dealkylation sites (N-methyl/N-ethyl adjacent to an activating group) is 1. The number of hydrogen-bond acceptors (Lipinski definition) is 6. The zero-order chi connectivity index (χ0) is 21.4. The summed E-state index contributed by atoms with van der Waals surface area (Å²) in [6.07, 6.45) is 2.72. The highest BCUT2D eigenvalue weighted by Crippen LogP contribution is 2.35. The van der Waals surface area contributed by atoms with Gasteiger partial charge < -0.3 is 10.2 Å². The fraction of sp³-hybridized carbons (Fsp3) is 0.217. The molecule has 0 spiro atoms. The van der Waals surface area contributed by atoms with Gasteiger partial charge in [0.25, 0.3) is 0 Å². The van der Waals surface area contributed by atoms with Gasteiger partial charge in [-0.3, -0.25) is 5.10 Å². The molecule has 2 aromatic carbocycles. The second kappa shape index (κ2) is 7.99. The van der Waals surface area contributed by atoms with Gasteiger partial charge >= 0.3 is 0 Å². The molecule has 154 valence electrons. The van der Waals surface area contributed by atoms with Crippen LogP contribution in [-0.4, -0.2) is 51.2 Å². The van der Waals surface area contributed by atoms with E-state index < -0.39 is 0 Å². The minimum absolute atomic E-state index is 0.234. The van der Waals surface area contributed by atoms with Crippen LogP contribution in [0.25, 0.3) is 33.4 Å². The second-order valence-electron chi connectivity index (χ2n) is 7.78. The Kier molecular flexibility index (Phi) is 5.02. The van der Waals surface area contributed by atoms with Gasteiger partial charge in [0.05, 0.1) is 28.1 Å². The molecule has 0 saturated carbocycles. The Morgan fingerprint density at radius 3 is 2.71 bits per heavy atom. The molecule has 5 rings (SSSR count). The summed E-state index contributed by atoms with van der Waals surface area (Å²) < 4.78 is 0. The van der Waals surface area contributed by atoms with Crippen molar-refractivity contribution in [1.82, 2.24) is 25.1 Å². The van der Waals surface area contributed by atoms with Crippen LogP contribution < -0.4 is 5.32 Å². The molecule has 1 saturated heterocycles. The van der Waals surface area contributed by atoms with Gasteiger partial charge in [-0.2, -0.15) is 10.4 Å². The Morgan fingerprint density at radius 2 is 1.97 bits per heavy atom. The molecule has 2 aromatic heterocycles. The molecule has 0 amide bonds. The van der Waals surface area contributed by atoms with Crippen molar-refractivity contribution in [3.63, 3.8) is 0 Å². The summed E-state index contributed by atoms with van der Waals surface area (Å²) in [5, 5.41) is 21.7. The third-order valence-corrected chi connectivity index (χ3v) is 5.85. The van der Waals surface area contributed by atoms with Crippen LogP contribution in [0, 0.1) is 11.3 Å². The lowest BCUT2D eigenvalue weighted by molar-refractivity contribution is 0.414. The van der Waals surface area contributed by atoms with Gasteiger partial charge in [-0.25, -0.2) is 9.97 Å². The van der Waals surface area contributed by atoms with Crippen molar-refractivity contribution >= 4 is 28.3 Å². The molecule has 1 unspecified atom stereocenters. The topological polar surface area (TPSA) is 93.5 Å². The number of anilines is 1. The lowest BCUT2D eigenvalue weighted by atomic mass is 10.0. The average molecular weight is 430 g/mol. The van der Waals surface area contributed by atoms with Crippen molar-refractivity contribution in [3.05, 3.63) is 59.4 Å². The van der Waals surface area contributed by atoms with Crippen molar-refractivity contribution in [2.75, 3.05) is 25.5 Å². The molecule has 31 heavy (non-hydrogen) atoms. The van der Waals surface area contributed by atoms with Crippen LogP contribution >= 0.6 is 11.6 Å². The highest BCUT2D eigenvalue weighted by atomic mass is 35.5. The first-order valence-corrected chi connectivity index (χ1v) is 10.5. The van der Waals surface area contributed by atoms with E-state index in [2.05, 4.69) is 33.5 Å². The number of nitriles is 1. The lowest BCUT2D eigenvalue weighted by Crippen LogP contribution is -2.25. The van der Waals surface area contributed by atoms with Gasteiger partial charge in [0.1, 0.15) is 6.07 Å². The van der Waals surface area contributed by atoms with Gasteiger partial charge in [0.15, 0.2) is 11.5 Å². The molecule has 0 aliphatic carbocycles. The number of fused-ring (bicyclic) bond motifs is 1. The smallest absolute Gasteiger partial charge is 0.183 e. The molecule has 1 aliphatic heterocycles. The number of aromatic nitrogens is 4. The molecule has 7 nitrogen and oxygen atoms in total. The predicted octanol–water partition coefficient (Wildman–Crippen LogP) is 4.33. The van der Waals surface area contributed by atoms with E-state index >= 15 is 0 Å². The molecule has 1 fully saturated rings. The first-order valence-electron chi connectivity index (χ1n) is 10.1. The summed E-state index contributed by atoms with van der Waals surface area (Å²) in [5.41, 5.74) is 4.06. The monoisotopic (exact) mass is 429 g/mol. The number of halogens is 1. The number of nitrogens with one attached hydrogen (secondary N) is 2. The first-order chi connectivity index (χ1) is 15.1. The van der Waals surface area contributed by atoms with Gasteiger partial charge in [0, 0.05) is 29.1 Å². The van der Waals surface area contributed by atoms with Gasteiger partial charge in [-0.05, 0) is 32.1 Å². The number of nitrogens with zero attached hydrogens (tertiary/aromatic N) is 5. The van der Waals surface area contributed by atoms with Gasteiger partial charge in [0.2, 0.25) is 0 Å². The average Bonchev–Trinajstić information content (AvgIpc) is 3.43. The summed E-state index contributed by atoms with van der Waals surface area (Å²) in [7, 11) is 2.09. The van der Waals surface area contributed by atoms with Crippen molar-refractivity contribution < 1.29 is 0 Å². The number of aromatic amines is 1. The van der Waals surface area contributed by atoms with Crippen molar-refractivity contribution in [1.29, 1.82) is 5.26 Å². The molecule has 3 heterocycles. The molecule has 2 N–H and O–H groups in total. The lowest BCUT2D eigenvalue weighted by Gasteiger charge is -2.17. The summed E-state index contributed by atoms with van der Waals surface area (Å²) >= 11 is 6.48. The van der Waals surface area contributed by atoms with E-state index in [9.17, 15) is 5.26 Å². The first kappa shape index (κ1) is 19.5. The van der Waals surface area contributed by atoms with Crippen LogP contribution in [0.2, 0.25) is 5.02 Å². The Morgan fingerprint density at radius 1 is 1.16 bits per heavy atom. The second-order valence-corrected chi connectivity index (χ2v) is 8.19. The fourth-order valence-corrected chi connectivity index (χ4v) is 4.28. The molecule has 8 heteroatoms. The highest BCUT2D eigenvalue weighted by Gasteiger charge is 2.23. The Balaban J connectivity index is 1.68. The molecule has 0 radical (unpaired) electrons. The van der Waals surface area contributed by atoms with Crippen LogP contribution in [0.15, 0.2) is 48.7 Å². The molecule has 1 aliphatic rings. The minimum Gasteiger partial charge on any atom is -0.364 e. The zero-order valence-electron chi connectivity index (χ0n) is 16.9. The Labute approximate surface area is 184 Å². The molecular weight excluding hydrogens is 410 g/mol. The summed E-state index contributed by atoms with van der Waals surface area (Å²) in [4.78, 5) is 11.9. The molecule has 0 bridgehead atoms. The van der Waals surface area contributed by atoms with E-state index in [-0.39, 0.29) is 11.7 Å². The highest BCUT2D eigenvalue weighted by molar-refractivity contribution is 6.35. The van der Waals surface area contributed by atoms with Crippen LogP contribution in [0.4, 0.5) is 5.82 Å². The van der Waals surface area contributed by atoms with Crippen molar-refractivity contribution in [2.45, 2.75) is 12.5 Å². The van der Waals surface area contributed by atoms with Crippen LogP contribution in [0.5, 0.6) is 0 Å². The standard InChI is InChI=1S/C23H20ClN7/c1-31-8-7-17(13-31)27-23-19(11-25)28-22(21(29-23)14-5-3-2-4-6-14)15-9-16-12-26-30-20(16)18(24)10-15/h2-6,9-10,12,17H,7-8,13H2,1H3,(H,26,30)(H,27,29). The van der Waals surface area contributed by atoms with E-state index in [1.807, 2.05) is 42.5 Å². The summed E-state index contributed by atoms with van der Waals surface area (Å²) in [6, 6.07) is 16.1. The Bertz CT molecular complexity index is 1290. The molecular formula is C23H20ClN7. The van der Waals surface area contributed by atoms with E-state index in [0.717, 1.165) is 41.5 Å². The van der Waals surface area contributed by atoms with E-state index in [4.69, 9.17) is 21.6 Å². The predicted molar refractivity (Wildman–Crippen MR) is 122 cm³/mol. The number of likely N-dealkylation sites (tertiary alicyclic amines) is 1. The van der Waals surface area contributed by atoms with Crippen molar-refractivity contribution in [2.24, 2.45) is 0 Å². The quantitative estimate of drug-likeness (QED) is 0.501. The largest absolute Gasteiger partial charge is 0.364 e. The summed E-state index contributed by atoms with van der Waals surface area (Å²) in [5.74, 6) is 0.515. The molecule has 1 atom stereocenters. The van der Waals surface area contributed by atoms with Crippen molar-refractivity contribution in [3.8, 4) is 28.6 Å². The van der Waals surface area contributed by atoms with E-state index in [0.29, 0.717) is 22.2 Å². The number of benzene rings is 2. The van der Waals surface area contributed by atoms with E-state index in [1.165, 1.54) is 0 Å². The van der Waals surface area contributed by atoms with Crippen LogP contribution in [0.1, 0.15) is 12.1 Å². The number of rotatable bonds is 4. The fourth-order valence-electron chi connectivity index (χ4n) is 4.01. The number of hydrogen-bond donors (Lipinski definition) is 2. The minimum atomic E-state index is 0.234. The third-order valence-electron chi connectivity index (χ3n) is 5.56. The Hall–Kier alpha value is -3.47. The SMILES string of the molecule is CN1CCC(Nc2nc(-c3ccccc3)c(-c3cc(Cl)c4[nH]ncc4c3)nc2C#N)C1. The molecule has 4 aromatic rings. The van der Waals surface area contributed by atoms with Crippen LogP contribution in [-0.2, 0) is 0 Å². The van der Waals surface area contributed by atoms with Gasteiger partial charge in [-0.1, -0.05) is 41.9 Å². The maximum Gasteiger partial charge on any atom is 0.183 e.